The largest absolute Gasteiger partial charge is 0.404 e. The Morgan fingerprint density at radius 1 is 1.36 bits per heavy atom. The zero-order valence-corrected chi connectivity index (χ0v) is 8.49. The van der Waals surface area contributed by atoms with Gasteiger partial charge in [-0.3, -0.25) is 9.79 Å². The molecule has 5 heteroatoms. The van der Waals surface area contributed by atoms with Crippen LogP contribution in [0.15, 0.2) is 16.8 Å². The molecule has 0 spiro atoms. The summed E-state index contributed by atoms with van der Waals surface area (Å²) >= 11 is 0. The van der Waals surface area contributed by atoms with Crippen molar-refractivity contribution in [1.82, 2.24) is 0 Å². The summed E-state index contributed by atoms with van der Waals surface area (Å²) in [6.45, 7) is 2.70. The molecule has 0 bridgehead atoms. The average molecular weight is 198 g/mol. The molecule has 0 unspecified atom stereocenters. The van der Waals surface area contributed by atoms with Gasteiger partial charge in [0, 0.05) is 12.7 Å². The Morgan fingerprint density at radius 3 is 2.43 bits per heavy atom. The molecule has 0 saturated carbocycles. The molecule has 0 aliphatic heterocycles. The summed E-state index contributed by atoms with van der Waals surface area (Å²) in [7, 11) is 0. The van der Waals surface area contributed by atoms with Gasteiger partial charge in [0.1, 0.15) is 5.84 Å². The van der Waals surface area contributed by atoms with Crippen molar-refractivity contribution in [3.8, 4) is 0 Å². The van der Waals surface area contributed by atoms with Crippen LogP contribution >= 0.6 is 0 Å². The maximum Gasteiger partial charge on any atom is 0.253 e. The number of amidine groups is 1. The van der Waals surface area contributed by atoms with E-state index in [4.69, 9.17) is 17.2 Å². The molecular formula is C9H18N4O. The van der Waals surface area contributed by atoms with Crippen LogP contribution in [0.4, 0.5) is 0 Å². The van der Waals surface area contributed by atoms with Crippen LogP contribution < -0.4 is 17.2 Å². The second-order valence-electron chi connectivity index (χ2n) is 2.92. The van der Waals surface area contributed by atoms with Gasteiger partial charge >= 0.3 is 0 Å². The first-order chi connectivity index (χ1) is 6.63. The molecule has 0 aliphatic carbocycles. The predicted molar refractivity (Wildman–Crippen MR) is 57.5 cm³/mol. The fraction of sp³-hybridized carbons (Fsp3) is 0.556. The zero-order chi connectivity index (χ0) is 11.0. The fourth-order valence-corrected chi connectivity index (χ4v) is 0.940. The van der Waals surface area contributed by atoms with E-state index >= 15 is 0 Å². The minimum Gasteiger partial charge on any atom is -0.404 e. The van der Waals surface area contributed by atoms with Crippen molar-refractivity contribution >= 4 is 11.7 Å². The van der Waals surface area contributed by atoms with Crippen LogP contribution in [0.25, 0.3) is 0 Å². The summed E-state index contributed by atoms with van der Waals surface area (Å²) in [5, 5.41) is 0. The number of carbonyl (C=O) groups is 1. The molecule has 0 rings (SSSR count). The molecule has 1 amide bonds. The molecule has 6 N–H and O–H groups in total. The van der Waals surface area contributed by atoms with Crippen molar-refractivity contribution in [2.75, 3.05) is 6.54 Å². The summed E-state index contributed by atoms with van der Waals surface area (Å²) in [6.07, 6.45) is 4.24. The van der Waals surface area contributed by atoms with Gasteiger partial charge in [-0.05, 0) is 6.42 Å². The van der Waals surface area contributed by atoms with E-state index in [1.807, 2.05) is 0 Å². The minimum atomic E-state index is -0.649. The zero-order valence-electron chi connectivity index (χ0n) is 8.49. The van der Waals surface area contributed by atoms with Crippen LogP contribution in [0.3, 0.4) is 0 Å². The highest BCUT2D eigenvalue weighted by atomic mass is 16.1. The molecule has 0 atom stereocenters. The highest BCUT2D eigenvalue weighted by molar-refractivity contribution is 6.19. The molecule has 0 fully saturated rings. The summed E-state index contributed by atoms with van der Waals surface area (Å²) in [6, 6.07) is 0. The molecule has 5 nitrogen and oxygen atoms in total. The number of hydrogen-bond donors (Lipinski definition) is 3. The third kappa shape index (κ3) is 4.49. The van der Waals surface area contributed by atoms with Gasteiger partial charge in [-0.1, -0.05) is 19.8 Å². The molecule has 0 aromatic heterocycles. The van der Waals surface area contributed by atoms with E-state index in [-0.39, 0.29) is 11.4 Å². The first kappa shape index (κ1) is 12.5. The van der Waals surface area contributed by atoms with Crippen molar-refractivity contribution in [2.24, 2.45) is 22.2 Å². The number of unbranched alkanes of at least 4 members (excludes halogenated alkanes) is 2. The summed E-state index contributed by atoms with van der Waals surface area (Å²) in [4.78, 5) is 14.8. The number of primary amides is 1. The Kier molecular flexibility index (Phi) is 6.19. The van der Waals surface area contributed by atoms with E-state index in [0.29, 0.717) is 6.54 Å². The topological polar surface area (TPSA) is 107 Å². The summed E-state index contributed by atoms with van der Waals surface area (Å²) in [5.74, 6) is -0.527. The van der Waals surface area contributed by atoms with E-state index < -0.39 is 5.91 Å². The standard InChI is InChI=1S/C9H18N4O/c1-2-3-4-5-13-8(11)7(6-10)9(12)14/h6H,2-5,10H2,1H3,(H2,11,13)(H2,12,14). The first-order valence-electron chi connectivity index (χ1n) is 4.65. The lowest BCUT2D eigenvalue weighted by Crippen LogP contribution is -2.27. The third-order valence-electron chi connectivity index (χ3n) is 1.75. The molecule has 0 aromatic rings. The number of amides is 1. The Labute approximate surface area is 84.0 Å². The minimum absolute atomic E-state index is 0.0847. The van der Waals surface area contributed by atoms with Crippen LogP contribution in [0, 0.1) is 0 Å². The van der Waals surface area contributed by atoms with Gasteiger partial charge in [-0.15, -0.1) is 0 Å². The van der Waals surface area contributed by atoms with Crippen LogP contribution in [0.2, 0.25) is 0 Å². The number of nitrogens with zero attached hydrogens (tertiary/aromatic N) is 1. The molecule has 0 saturated heterocycles. The second kappa shape index (κ2) is 6.94. The van der Waals surface area contributed by atoms with E-state index in [1.165, 1.54) is 0 Å². The van der Waals surface area contributed by atoms with Crippen LogP contribution in [-0.2, 0) is 4.79 Å². The Hall–Kier alpha value is -1.52. The Balaban J connectivity index is 4.15. The highest BCUT2D eigenvalue weighted by Crippen LogP contribution is 1.96. The van der Waals surface area contributed by atoms with Crippen molar-refractivity contribution in [1.29, 1.82) is 0 Å². The van der Waals surface area contributed by atoms with Crippen molar-refractivity contribution in [2.45, 2.75) is 26.2 Å². The number of aliphatic imine (C=N–C) groups is 1. The van der Waals surface area contributed by atoms with Crippen molar-refractivity contribution in [3.05, 3.63) is 11.8 Å². The number of rotatable bonds is 6. The van der Waals surface area contributed by atoms with Crippen LogP contribution in [-0.4, -0.2) is 18.3 Å². The van der Waals surface area contributed by atoms with Gasteiger partial charge in [0.25, 0.3) is 5.91 Å². The Bertz CT molecular complexity index is 245. The third-order valence-corrected chi connectivity index (χ3v) is 1.75. The Morgan fingerprint density at radius 2 is 2.00 bits per heavy atom. The molecule has 80 valence electrons. The lowest BCUT2D eigenvalue weighted by Gasteiger charge is -2.01. The quantitative estimate of drug-likeness (QED) is 0.239. The monoisotopic (exact) mass is 198 g/mol. The smallest absolute Gasteiger partial charge is 0.253 e. The maximum absolute atomic E-state index is 10.8. The average Bonchev–Trinajstić information content (AvgIpc) is 2.13. The summed E-state index contributed by atoms with van der Waals surface area (Å²) in [5.41, 5.74) is 15.8. The molecule has 14 heavy (non-hydrogen) atoms. The lowest BCUT2D eigenvalue weighted by molar-refractivity contribution is -0.114. The van der Waals surface area contributed by atoms with Crippen LogP contribution in [0.5, 0.6) is 0 Å². The van der Waals surface area contributed by atoms with Crippen LogP contribution in [0.1, 0.15) is 26.2 Å². The fourth-order valence-electron chi connectivity index (χ4n) is 0.940. The van der Waals surface area contributed by atoms with Gasteiger partial charge < -0.3 is 17.2 Å². The summed E-state index contributed by atoms with van der Waals surface area (Å²) < 4.78 is 0. The molecular weight excluding hydrogens is 180 g/mol. The number of carbonyl (C=O) groups excluding carboxylic acids is 1. The highest BCUT2D eigenvalue weighted by Gasteiger charge is 2.07. The molecule has 0 heterocycles. The SMILES string of the molecule is CCCCCN=C(N)C(=CN)C(N)=O. The van der Waals surface area contributed by atoms with Gasteiger partial charge in [-0.2, -0.15) is 0 Å². The van der Waals surface area contributed by atoms with Crippen molar-refractivity contribution < 1.29 is 4.79 Å². The van der Waals surface area contributed by atoms with E-state index in [2.05, 4.69) is 11.9 Å². The van der Waals surface area contributed by atoms with Gasteiger partial charge in [0.15, 0.2) is 0 Å². The number of nitrogens with two attached hydrogens (primary N) is 3. The van der Waals surface area contributed by atoms with Gasteiger partial charge in [0.2, 0.25) is 0 Å². The normalized spacial score (nSPS) is 12.9. The first-order valence-corrected chi connectivity index (χ1v) is 4.65. The molecule has 0 aromatic carbocycles. The predicted octanol–water partition coefficient (Wildman–Crippen LogP) is -0.138. The van der Waals surface area contributed by atoms with E-state index in [9.17, 15) is 4.79 Å². The second-order valence-corrected chi connectivity index (χ2v) is 2.92. The molecule has 0 radical (unpaired) electrons. The number of hydrogen-bond acceptors (Lipinski definition) is 3. The van der Waals surface area contributed by atoms with E-state index in [0.717, 1.165) is 25.5 Å². The lowest BCUT2D eigenvalue weighted by atomic mass is 10.2. The van der Waals surface area contributed by atoms with E-state index in [1.54, 1.807) is 0 Å². The molecule has 0 aliphatic rings. The van der Waals surface area contributed by atoms with Crippen molar-refractivity contribution in [3.63, 3.8) is 0 Å². The maximum atomic E-state index is 10.8. The van der Waals surface area contributed by atoms with Gasteiger partial charge in [0.05, 0.1) is 5.57 Å². The van der Waals surface area contributed by atoms with Gasteiger partial charge in [-0.25, -0.2) is 0 Å².